The van der Waals surface area contributed by atoms with Gasteiger partial charge in [-0.3, -0.25) is 9.79 Å². The van der Waals surface area contributed by atoms with Crippen LogP contribution in [-0.4, -0.2) is 86.0 Å². The van der Waals surface area contributed by atoms with Crippen LogP contribution in [-0.2, 0) is 4.79 Å². The van der Waals surface area contributed by atoms with Gasteiger partial charge in [0.1, 0.15) is 0 Å². The van der Waals surface area contributed by atoms with E-state index in [9.17, 15) is 4.79 Å². The molecule has 0 radical (unpaired) electrons. The lowest BCUT2D eigenvalue weighted by Crippen LogP contribution is -2.46. The number of guanidine groups is 1. The van der Waals surface area contributed by atoms with Crippen molar-refractivity contribution in [1.82, 2.24) is 20.0 Å². The largest absolute Gasteiger partial charge is 0.357 e. The van der Waals surface area contributed by atoms with Crippen molar-refractivity contribution < 1.29 is 4.79 Å². The van der Waals surface area contributed by atoms with E-state index in [1.165, 1.54) is 38.9 Å². The van der Waals surface area contributed by atoms with Gasteiger partial charge < -0.3 is 20.0 Å². The molecule has 0 aromatic heterocycles. The highest BCUT2D eigenvalue weighted by Crippen LogP contribution is 2.17. The molecule has 1 saturated heterocycles. The van der Waals surface area contributed by atoms with E-state index in [0.29, 0.717) is 12.5 Å². The van der Waals surface area contributed by atoms with Crippen LogP contribution in [0.3, 0.4) is 0 Å². The Morgan fingerprint density at radius 2 is 1.80 bits per heavy atom. The highest BCUT2D eigenvalue weighted by atomic mass is 16.2. The van der Waals surface area contributed by atoms with E-state index in [1.807, 2.05) is 30.7 Å². The Bertz CT molecular complexity index is 401. The number of nitrogens with one attached hydrogen (secondary N) is 1. The van der Waals surface area contributed by atoms with Crippen LogP contribution in [0.25, 0.3) is 0 Å². The van der Waals surface area contributed by atoms with Gasteiger partial charge in [0.25, 0.3) is 0 Å². The van der Waals surface area contributed by atoms with Gasteiger partial charge in [-0.15, -0.1) is 0 Å². The van der Waals surface area contributed by atoms with Gasteiger partial charge >= 0.3 is 0 Å². The van der Waals surface area contributed by atoms with Gasteiger partial charge in [0.15, 0.2) is 5.96 Å². The van der Waals surface area contributed by atoms with Crippen LogP contribution in [0.1, 0.15) is 47.0 Å². The van der Waals surface area contributed by atoms with Crippen LogP contribution in [0.5, 0.6) is 0 Å². The number of nitrogens with zero attached hydrogens (tertiary/aromatic N) is 4. The number of likely N-dealkylation sites (N-methyl/N-ethyl adjacent to an activating group) is 2. The van der Waals surface area contributed by atoms with E-state index < -0.39 is 0 Å². The zero-order valence-electron chi connectivity index (χ0n) is 17.1. The van der Waals surface area contributed by atoms with Crippen LogP contribution in [0.4, 0.5) is 0 Å². The maximum absolute atomic E-state index is 12.3. The molecular formula is C19H39N5O. The summed E-state index contributed by atoms with van der Waals surface area (Å²) < 4.78 is 0. The SMILES string of the molecule is CCCN1CCC(CN=C(NCC)N(C)CC(=O)N(CC)CC)CC1. The molecule has 0 aliphatic carbocycles. The van der Waals surface area contributed by atoms with Gasteiger partial charge in [-0.25, -0.2) is 0 Å². The average Bonchev–Trinajstić information content (AvgIpc) is 2.61. The average molecular weight is 354 g/mol. The van der Waals surface area contributed by atoms with Crippen molar-refractivity contribution in [2.24, 2.45) is 10.9 Å². The Morgan fingerprint density at radius 3 is 2.32 bits per heavy atom. The normalized spacial score (nSPS) is 16.8. The fourth-order valence-corrected chi connectivity index (χ4v) is 3.35. The van der Waals surface area contributed by atoms with E-state index in [1.54, 1.807) is 0 Å². The highest BCUT2D eigenvalue weighted by molar-refractivity contribution is 5.86. The van der Waals surface area contributed by atoms with Gasteiger partial charge in [-0.2, -0.15) is 0 Å². The first-order valence-corrected chi connectivity index (χ1v) is 10.0. The Kier molecular flexibility index (Phi) is 10.5. The second-order valence-corrected chi connectivity index (χ2v) is 6.90. The van der Waals surface area contributed by atoms with Gasteiger partial charge in [0, 0.05) is 33.2 Å². The third-order valence-electron chi connectivity index (χ3n) is 4.93. The molecule has 1 aliphatic rings. The monoisotopic (exact) mass is 353 g/mol. The quantitative estimate of drug-likeness (QED) is 0.508. The van der Waals surface area contributed by atoms with Crippen LogP contribution in [0.15, 0.2) is 4.99 Å². The minimum absolute atomic E-state index is 0.158. The summed E-state index contributed by atoms with van der Waals surface area (Å²) in [5.41, 5.74) is 0. The topological polar surface area (TPSA) is 51.2 Å². The molecule has 1 aliphatic heterocycles. The van der Waals surface area contributed by atoms with Gasteiger partial charge in [0.05, 0.1) is 6.54 Å². The van der Waals surface area contributed by atoms with Crippen molar-refractivity contribution >= 4 is 11.9 Å². The highest BCUT2D eigenvalue weighted by Gasteiger charge is 2.19. The number of aliphatic imine (C=N–C) groups is 1. The number of carbonyl (C=O) groups excluding carboxylic acids is 1. The molecule has 0 unspecified atom stereocenters. The fourth-order valence-electron chi connectivity index (χ4n) is 3.35. The summed E-state index contributed by atoms with van der Waals surface area (Å²) in [4.78, 5) is 23.5. The number of piperidine rings is 1. The molecule has 6 heteroatoms. The summed E-state index contributed by atoms with van der Waals surface area (Å²) in [6.45, 7) is 15.5. The maximum atomic E-state index is 12.3. The van der Waals surface area contributed by atoms with E-state index >= 15 is 0 Å². The number of rotatable bonds is 9. The zero-order valence-corrected chi connectivity index (χ0v) is 17.1. The number of carbonyl (C=O) groups is 1. The second kappa shape index (κ2) is 12.1. The summed E-state index contributed by atoms with van der Waals surface area (Å²) in [6, 6.07) is 0. The molecule has 1 amide bonds. The van der Waals surface area contributed by atoms with Crippen LogP contribution >= 0.6 is 0 Å². The number of amides is 1. The molecule has 146 valence electrons. The Morgan fingerprint density at radius 1 is 1.16 bits per heavy atom. The Balaban J connectivity index is 2.54. The predicted molar refractivity (Wildman–Crippen MR) is 106 cm³/mol. The smallest absolute Gasteiger partial charge is 0.242 e. The lowest BCUT2D eigenvalue weighted by atomic mass is 9.97. The van der Waals surface area contributed by atoms with E-state index in [0.717, 1.165) is 32.1 Å². The molecule has 1 rings (SSSR count). The summed E-state index contributed by atoms with van der Waals surface area (Å²) in [5.74, 6) is 1.67. The van der Waals surface area contributed by atoms with Crippen molar-refractivity contribution in [3.8, 4) is 0 Å². The van der Waals surface area contributed by atoms with Gasteiger partial charge in [0.2, 0.25) is 5.91 Å². The molecule has 0 atom stereocenters. The first-order valence-electron chi connectivity index (χ1n) is 10.0. The molecule has 1 heterocycles. The lowest BCUT2D eigenvalue weighted by Gasteiger charge is -2.31. The summed E-state index contributed by atoms with van der Waals surface area (Å²) in [6.07, 6.45) is 3.69. The molecule has 0 saturated carbocycles. The number of likely N-dealkylation sites (tertiary alicyclic amines) is 1. The van der Waals surface area contributed by atoms with Crippen molar-refractivity contribution in [2.45, 2.75) is 47.0 Å². The standard InChI is InChI=1S/C19H39N5O/c1-6-12-23-13-10-17(11-14-23)15-21-19(20-7-2)22(5)16-18(25)24(8-3)9-4/h17H,6-16H2,1-5H3,(H,20,21). The molecule has 1 fully saturated rings. The Hall–Kier alpha value is -1.30. The fraction of sp³-hybridized carbons (Fsp3) is 0.895. The van der Waals surface area contributed by atoms with Crippen LogP contribution in [0.2, 0.25) is 0 Å². The van der Waals surface area contributed by atoms with E-state index in [4.69, 9.17) is 4.99 Å². The lowest BCUT2D eigenvalue weighted by molar-refractivity contribution is -0.131. The summed E-state index contributed by atoms with van der Waals surface area (Å²) in [5, 5.41) is 3.33. The first kappa shape index (κ1) is 21.7. The summed E-state index contributed by atoms with van der Waals surface area (Å²) >= 11 is 0. The first-order chi connectivity index (χ1) is 12.0. The van der Waals surface area contributed by atoms with Crippen molar-refractivity contribution in [2.75, 3.05) is 59.4 Å². The van der Waals surface area contributed by atoms with E-state index in [-0.39, 0.29) is 5.91 Å². The molecule has 0 aromatic rings. The molecule has 1 N–H and O–H groups in total. The molecular weight excluding hydrogens is 314 g/mol. The maximum Gasteiger partial charge on any atom is 0.242 e. The van der Waals surface area contributed by atoms with Gasteiger partial charge in [-0.05, 0) is 65.6 Å². The van der Waals surface area contributed by atoms with Crippen molar-refractivity contribution in [3.63, 3.8) is 0 Å². The molecule has 0 aromatic carbocycles. The molecule has 0 spiro atoms. The van der Waals surface area contributed by atoms with Crippen LogP contribution < -0.4 is 5.32 Å². The van der Waals surface area contributed by atoms with E-state index in [2.05, 4.69) is 24.1 Å². The minimum Gasteiger partial charge on any atom is -0.357 e. The van der Waals surface area contributed by atoms with Gasteiger partial charge in [-0.1, -0.05) is 6.92 Å². The third kappa shape index (κ3) is 7.63. The molecule has 6 nitrogen and oxygen atoms in total. The van der Waals surface area contributed by atoms with Crippen LogP contribution in [0, 0.1) is 5.92 Å². The predicted octanol–water partition coefficient (Wildman–Crippen LogP) is 1.87. The number of hydrogen-bond acceptors (Lipinski definition) is 3. The third-order valence-corrected chi connectivity index (χ3v) is 4.93. The second-order valence-electron chi connectivity index (χ2n) is 6.90. The number of hydrogen-bond donors (Lipinski definition) is 1. The zero-order chi connectivity index (χ0) is 18.7. The molecule has 0 bridgehead atoms. The minimum atomic E-state index is 0.158. The summed E-state index contributed by atoms with van der Waals surface area (Å²) in [7, 11) is 1.95. The van der Waals surface area contributed by atoms with Crippen molar-refractivity contribution in [3.05, 3.63) is 0 Å². The Labute approximate surface area is 154 Å². The molecule has 25 heavy (non-hydrogen) atoms. The van der Waals surface area contributed by atoms with Crippen molar-refractivity contribution in [1.29, 1.82) is 0 Å².